The van der Waals surface area contributed by atoms with Gasteiger partial charge in [0.1, 0.15) is 11.5 Å². The molecule has 0 saturated carbocycles. The number of phenolic OH excluding ortho intramolecular Hbond substituents is 2. The molecule has 1 aliphatic heterocycles. The molecule has 1 heterocycles. The molecule has 2 aromatic carbocycles. The van der Waals surface area contributed by atoms with Crippen LogP contribution in [0, 0.1) is 11.8 Å². The molecular formula is C27H38N2O3. The minimum atomic E-state index is 0.0293. The number of nitrogens with zero attached hydrogens (tertiary/aromatic N) is 1. The van der Waals surface area contributed by atoms with Crippen LogP contribution in [0.15, 0.2) is 48.5 Å². The van der Waals surface area contributed by atoms with Gasteiger partial charge in [-0.3, -0.25) is 4.79 Å². The first kappa shape index (κ1) is 24.1. The second-order valence-corrected chi connectivity index (χ2v) is 9.93. The van der Waals surface area contributed by atoms with E-state index in [2.05, 4.69) is 44.0 Å². The lowest BCUT2D eigenvalue weighted by molar-refractivity contribution is -0.122. The summed E-state index contributed by atoms with van der Waals surface area (Å²) in [4.78, 5) is 15.1. The monoisotopic (exact) mass is 438 g/mol. The molecular weight excluding hydrogens is 400 g/mol. The number of aryl methyl sites for hydroxylation is 1. The second kappa shape index (κ2) is 10.4. The van der Waals surface area contributed by atoms with Crippen molar-refractivity contribution in [2.75, 3.05) is 19.6 Å². The summed E-state index contributed by atoms with van der Waals surface area (Å²) in [6.07, 6.45) is 1.92. The summed E-state index contributed by atoms with van der Waals surface area (Å²) < 4.78 is 0. The summed E-state index contributed by atoms with van der Waals surface area (Å²) >= 11 is 0. The van der Waals surface area contributed by atoms with E-state index in [1.165, 1.54) is 5.56 Å². The van der Waals surface area contributed by atoms with Crippen molar-refractivity contribution < 1.29 is 15.0 Å². The molecule has 3 atom stereocenters. The zero-order valence-corrected chi connectivity index (χ0v) is 19.8. The summed E-state index contributed by atoms with van der Waals surface area (Å²) in [7, 11) is 0. The first-order valence-electron chi connectivity index (χ1n) is 11.8. The van der Waals surface area contributed by atoms with Crippen LogP contribution < -0.4 is 5.32 Å². The number of carbonyl (C=O) groups is 1. The quantitative estimate of drug-likeness (QED) is 0.569. The smallest absolute Gasteiger partial charge is 0.220 e. The van der Waals surface area contributed by atoms with Gasteiger partial charge in [-0.2, -0.15) is 0 Å². The molecule has 5 heteroatoms. The lowest BCUT2D eigenvalue weighted by Crippen LogP contribution is -2.53. The van der Waals surface area contributed by atoms with Crippen LogP contribution in [0.4, 0.5) is 0 Å². The third-order valence-corrected chi connectivity index (χ3v) is 7.29. The molecule has 0 aliphatic carbocycles. The van der Waals surface area contributed by atoms with E-state index in [0.29, 0.717) is 30.4 Å². The fourth-order valence-corrected chi connectivity index (χ4v) is 4.72. The first-order valence-corrected chi connectivity index (χ1v) is 11.8. The summed E-state index contributed by atoms with van der Waals surface area (Å²) in [5, 5.41) is 23.1. The van der Waals surface area contributed by atoms with Crippen LogP contribution in [-0.2, 0) is 16.6 Å². The van der Waals surface area contributed by atoms with Crippen LogP contribution in [0.1, 0.15) is 51.7 Å². The molecule has 1 fully saturated rings. The van der Waals surface area contributed by atoms with Crippen LogP contribution in [0.5, 0.6) is 11.5 Å². The average molecular weight is 439 g/mol. The van der Waals surface area contributed by atoms with Crippen molar-refractivity contribution in [1.29, 1.82) is 0 Å². The third-order valence-electron chi connectivity index (χ3n) is 7.29. The standard InChI is InChI=1S/C27H38N2O3/c1-19(2)24(28-26(32)13-12-21-8-5-6-11-25(21)31)18-29-15-14-27(4,20(3)17-29)22-9-7-10-23(30)16-22/h5-11,16,19-20,24,30-31H,12-15,17-18H2,1-4H3,(H,28,32)/t20-,24+,27+/m0/s1. The van der Waals surface area contributed by atoms with Crippen molar-refractivity contribution >= 4 is 5.91 Å². The van der Waals surface area contributed by atoms with E-state index in [9.17, 15) is 15.0 Å². The number of nitrogens with one attached hydrogen (secondary N) is 1. The highest BCUT2D eigenvalue weighted by atomic mass is 16.3. The number of carbonyl (C=O) groups excluding carboxylic acids is 1. The number of hydrogen-bond donors (Lipinski definition) is 3. The number of rotatable bonds is 8. The maximum Gasteiger partial charge on any atom is 0.220 e. The fourth-order valence-electron chi connectivity index (χ4n) is 4.72. The topological polar surface area (TPSA) is 72.8 Å². The van der Waals surface area contributed by atoms with Crippen molar-refractivity contribution in [3.63, 3.8) is 0 Å². The van der Waals surface area contributed by atoms with Crippen molar-refractivity contribution in [3.05, 3.63) is 59.7 Å². The number of aromatic hydroxyl groups is 2. The molecule has 1 aliphatic rings. The van der Waals surface area contributed by atoms with Gasteiger partial charge in [0.25, 0.3) is 0 Å². The largest absolute Gasteiger partial charge is 0.508 e. The summed E-state index contributed by atoms with van der Waals surface area (Å²) in [5.41, 5.74) is 2.03. The average Bonchev–Trinajstić information content (AvgIpc) is 2.75. The van der Waals surface area contributed by atoms with E-state index >= 15 is 0 Å². The second-order valence-electron chi connectivity index (χ2n) is 9.93. The molecule has 1 saturated heterocycles. The lowest BCUT2D eigenvalue weighted by Gasteiger charge is -2.46. The Morgan fingerprint density at radius 1 is 1.19 bits per heavy atom. The molecule has 0 unspecified atom stereocenters. The van der Waals surface area contributed by atoms with E-state index in [1.807, 2.05) is 24.3 Å². The normalized spacial score (nSPS) is 22.6. The Bertz CT molecular complexity index is 913. The molecule has 3 rings (SSSR count). The molecule has 0 radical (unpaired) electrons. The van der Waals surface area contributed by atoms with Gasteiger partial charge in [-0.05, 0) is 66.0 Å². The van der Waals surface area contributed by atoms with Gasteiger partial charge in [0.2, 0.25) is 5.91 Å². The molecule has 0 spiro atoms. The van der Waals surface area contributed by atoms with Gasteiger partial charge in [-0.15, -0.1) is 0 Å². The van der Waals surface area contributed by atoms with E-state index in [4.69, 9.17) is 0 Å². The van der Waals surface area contributed by atoms with Crippen LogP contribution in [0.25, 0.3) is 0 Å². The van der Waals surface area contributed by atoms with Crippen LogP contribution >= 0.6 is 0 Å². The maximum absolute atomic E-state index is 12.6. The number of piperidine rings is 1. The predicted octanol–water partition coefficient (Wildman–Crippen LogP) is 4.47. The van der Waals surface area contributed by atoms with Gasteiger partial charge in [-0.1, -0.05) is 58.0 Å². The lowest BCUT2D eigenvalue weighted by atomic mass is 9.68. The summed E-state index contributed by atoms with van der Waals surface area (Å²) in [6, 6.07) is 14.9. The Morgan fingerprint density at radius 2 is 1.94 bits per heavy atom. The number of amides is 1. The Kier molecular flexibility index (Phi) is 7.83. The van der Waals surface area contributed by atoms with E-state index < -0.39 is 0 Å². The van der Waals surface area contributed by atoms with Gasteiger partial charge in [-0.25, -0.2) is 0 Å². The Hall–Kier alpha value is -2.53. The molecule has 174 valence electrons. The van der Waals surface area contributed by atoms with Crippen molar-refractivity contribution in [2.45, 2.75) is 58.4 Å². The third kappa shape index (κ3) is 5.83. The fraction of sp³-hybridized carbons (Fsp3) is 0.519. The predicted molar refractivity (Wildman–Crippen MR) is 129 cm³/mol. The SMILES string of the molecule is CC(C)[C@@H](CN1CC[C@@](C)(c2cccc(O)c2)[C@@H](C)C1)NC(=O)CCc1ccccc1O. The number of benzene rings is 2. The molecule has 2 aromatic rings. The molecule has 5 nitrogen and oxygen atoms in total. The molecule has 0 aromatic heterocycles. The van der Waals surface area contributed by atoms with Crippen LogP contribution in [0.3, 0.4) is 0 Å². The molecule has 3 N–H and O–H groups in total. The summed E-state index contributed by atoms with van der Waals surface area (Å²) in [5.74, 6) is 1.37. The van der Waals surface area contributed by atoms with Gasteiger partial charge in [0.05, 0.1) is 0 Å². The maximum atomic E-state index is 12.6. The van der Waals surface area contributed by atoms with Gasteiger partial charge >= 0.3 is 0 Å². The van der Waals surface area contributed by atoms with Gasteiger partial charge < -0.3 is 20.4 Å². The molecule has 32 heavy (non-hydrogen) atoms. The summed E-state index contributed by atoms with van der Waals surface area (Å²) in [6.45, 7) is 11.6. The Balaban J connectivity index is 1.56. The van der Waals surface area contributed by atoms with E-state index in [-0.39, 0.29) is 23.1 Å². The zero-order valence-electron chi connectivity index (χ0n) is 19.8. The molecule has 1 amide bonds. The number of likely N-dealkylation sites (tertiary alicyclic amines) is 1. The van der Waals surface area contributed by atoms with Crippen molar-refractivity contribution in [2.24, 2.45) is 11.8 Å². The first-order chi connectivity index (χ1) is 15.2. The van der Waals surface area contributed by atoms with Crippen LogP contribution in [0.2, 0.25) is 0 Å². The number of para-hydroxylation sites is 1. The highest BCUT2D eigenvalue weighted by Crippen LogP contribution is 2.40. The molecule has 0 bridgehead atoms. The minimum Gasteiger partial charge on any atom is -0.508 e. The highest BCUT2D eigenvalue weighted by molar-refractivity contribution is 5.76. The number of hydrogen-bond acceptors (Lipinski definition) is 4. The Morgan fingerprint density at radius 3 is 2.59 bits per heavy atom. The van der Waals surface area contributed by atoms with Crippen molar-refractivity contribution in [3.8, 4) is 11.5 Å². The van der Waals surface area contributed by atoms with Crippen molar-refractivity contribution in [1.82, 2.24) is 10.2 Å². The van der Waals surface area contributed by atoms with E-state index in [1.54, 1.807) is 18.2 Å². The highest BCUT2D eigenvalue weighted by Gasteiger charge is 2.38. The zero-order chi connectivity index (χ0) is 23.3. The van der Waals surface area contributed by atoms with Gasteiger partial charge in [0, 0.05) is 25.6 Å². The van der Waals surface area contributed by atoms with Crippen LogP contribution in [-0.4, -0.2) is 46.7 Å². The number of phenols is 2. The van der Waals surface area contributed by atoms with Gasteiger partial charge in [0.15, 0.2) is 0 Å². The Labute approximate surface area is 192 Å². The van der Waals surface area contributed by atoms with E-state index in [0.717, 1.165) is 31.6 Å². The minimum absolute atomic E-state index is 0.0293.